The number of nitrogens with zero attached hydrogens (tertiary/aromatic N) is 20. The third-order valence-corrected chi connectivity index (χ3v) is 27.2. The summed E-state index contributed by atoms with van der Waals surface area (Å²) < 4.78 is 9.91. The number of hydrogen-bond donors (Lipinski definition) is 5. The van der Waals surface area contributed by atoms with E-state index in [0.29, 0.717) is 62.6 Å². The maximum atomic E-state index is 13.4. The number of fused-ring (bicyclic) bond motifs is 4. The second-order valence-electron chi connectivity index (χ2n) is 38.2. The lowest BCUT2D eigenvalue weighted by molar-refractivity contribution is -0.122. The Labute approximate surface area is 852 Å². The lowest BCUT2D eigenvalue weighted by Gasteiger charge is -2.34. The molecular formula is C115H127N25O6. The van der Waals surface area contributed by atoms with Crippen molar-refractivity contribution in [2.45, 2.75) is 77.4 Å². The monoisotopic (exact) mass is 1950 g/mol. The van der Waals surface area contributed by atoms with Gasteiger partial charge in [-0.1, -0.05) is 117 Å². The highest BCUT2D eigenvalue weighted by Crippen LogP contribution is 2.42. The zero-order chi connectivity index (χ0) is 102. The molecule has 31 nitrogen and oxygen atoms in total. The van der Waals surface area contributed by atoms with Gasteiger partial charge in [0.05, 0.1) is 43.8 Å². The Kier molecular flexibility index (Phi) is 32.8. The lowest BCUT2D eigenvalue weighted by Crippen LogP contribution is -2.44. The Hall–Kier alpha value is -16.2. The molecule has 15 aromatic rings. The van der Waals surface area contributed by atoms with Crippen LogP contribution in [0.2, 0.25) is 0 Å². The van der Waals surface area contributed by atoms with Gasteiger partial charge in [0.25, 0.3) is 0 Å². The number of amides is 5. The first kappa shape index (κ1) is 101. The van der Waals surface area contributed by atoms with Gasteiger partial charge in [-0.3, -0.25) is 28.9 Å². The Bertz CT molecular complexity index is 6960. The number of aromatic nitrogens is 12. The van der Waals surface area contributed by atoms with Gasteiger partial charge in [0, 0.05) is 235 Å². The van der Waals surface area contributed by atoms with Gasteiger partial charge in [-0.05, 0) is 221 Å². The number of hydrogen-bond acceptors (Lipinski definition) is 23. The van der Waals surface area contributed by atoms with Gasteiger partial charge >= 0.3 is 0 Å². The van der Waals surface area contributed by atoms with Crippen molar-refractivity contribution in [3.05, 3.63) is 367 Å². The smallest absolute Gasteiger partial charge is 0.247 e. The van der Waals surface area contributed by atoms with Crippen molar-refractivity contribution < 1.29 is 28.7 Å². The van der Waals surface area contributed by atoms with E-state index in [1.807, 2.05) is 140 Å². The summed E-state index contributed by atoms with van der Waals surface area (Å²) in [4.78, 5) is 127. The summed E-state index contributed by atoms with van der Waals surface area (Å²) in [5, 5.41) is 13.3. The van der Waals surface area contributed by atoms with Crippen molar-refractivity contribution in [1.82, 2.24) is 78.6 Å². The van der Waals surface area contributed by atoms with Crippen LogP contribution in [0.3, 0.4) is 0 Å². The first-order chi connectivity index (χ1) is 70.9. The molecule has 7 aromatic heterocycles. The average molecular weight is 1960 g/mol. The molecule has 5 N–H and O–H groups in total. The van der Waals surface area contributed by atoms with Crippen LogP contribution in [0.5, 0.6) is 5.75 Å². The average Bonchev–Trinajstić information content (AvgIpc) is 1.59. The number of rotatable bonds is 30. The normalized spacial score (nSPS) is 14.9. The van der Waals surface area contributed by atoms with Crippen molar-refractivity contribution >= 4 is 114 Å². The van der Waals surface area contributed by atoms with E-state index in [4.69, 9.17) is 29.7 Å². The highest BCUT2D eigenvalue weighted by molar-refractivity contribution is 6.07. The summed E-state index contributed by atoms with van der Waals surface area (Å²) in [5.74, 6) is 3.55. The number of ether oxygens (including phenoxy) is 1. The molecular weight excluding hydrogens is 1830 g/mol. The highest BCUT2D eigenvalue weighted by atomic mass is 16.5. The van der Waals surface area contributed by atoms with E-state index in [1.165, 1.54) is 58.2 Å². The van der Waals surface area contributed by atoms with Gasteiger partial charge in [0.15, 0.2) is 5.65 Å². The number of nitrogens with one attached hydrogen (secondary N) is 5. The number of likely N-dealkylation sites (N-methyl/N-ethyl adjacent to an activating group) is 4. The molecule has 5 amide bonds. The van der Waals surface area contributed by atoms with E-state index in [-0.39, 0.29) is 29.5 Å². The summed E-state index contributed by atoms with van der Waals surface area (Å²) in [6, 6.07) is 67.5. The van der Waals surface area contributed by atoms with E-state index in [0.717, 1.165) is 236 Å². The number of methoxy groups -OCH3 is 1. The molecule has 146 heavy (non-hydrogen) atoms. The molecule has 4 fully saturated rings. The van der Waals surface area contributed by atoms with Crippen LogP contribution in [0.1, 0.15) is 92.9 Å². The van der Waals surface area contributed by atoms with Gasteiger partial charge in [0.1, 0.15) is 51.7 Å². The number of carbonyl (C=O) groups is 5. The molecule has 20 rings (SSSR count). The SMILES string of the molecule is C=CC(=O)Nc1cccc(CCc2nc(Cc3ccc(N4CCN(C)CC4)cc3OC)nc3[nH]ccc23)c1.C=CC(=O)Nc1cccc(CN2C(=O)C(C)(C)c3cnc(Cc4ccc(N5CCN(C)CC5)cc4)nc32)c1.C=CC(=O)Nc1cccc(Cn2ccc3cnc(Cc4ccc(N5CCN(C)CC5)cc4)nc32)c1.C=CC(=O)Nc1cccc(Cn2cnc3cnc(Cc4ccc(N5CCN(C)CC5)cc4)nc32)c1. The second kappa shape index (κ2) is 47.3. The Morgan fingerprint density at radius 3 is 1.29 bits per heavy atom. The number of aryl methyl sites for hydroxylation is 2. The number of carbonyl (C=O) groups excluding carboxylic acids is 5. The van der Waals surface area contributed by atoms with Crippen LogP contribution in [0.25, 0.3) is 33.2 Å². The van der Waals surface area contributed by atoms with Crippen molar-refractivity contribution in [2.24, 2.45) is 0 Å². The van der Waals surface area contributed by atoms with Gasteiger partial charge in [-0.25, -0.2) is 44.9 Å². The van der Waals surface area contributed by atoms with E-state index < -0.39 is 5.41 Å². The first-order valence-electron chi connectivity index (χ1n) is 49.7. The third-order valence-electron chi connectivity index (χ3n) is 27.2. The first-order valence-corrected chi connectivity index (χ1v) is 49.7. The predicted octanol–water partition coefficient (Wildman–Crippen LogP) is 15.3. The molecule has 5 aliphatic heterocycles. The number of piperazine rings is 4. The van der Waals surface area contributed by atoms with Crippen LogP contribution >= 0.6 is 0 Å². The summed E-state index contributed by atoms with van der Waals surface area (Å²) >= 11 is 0. The summed E-state index contributed by atoms with van der Waals surface area (Å²) in [6.07, 6.45) is 20.3. The second-order valence-corrected chi connectivity index (χ2v) is 38.2. The quantitative estimate of drug-likeness (QED) is 0.0261. The van der Waals surface area contributed by atoms with E-state index in [2.05, 4.69) is 242 Å². The summed E-state index contributed by atoms with van der Waals surface area (Å²) in [5.41, 5.74) is 21.0. The highest BCUT2D eigenvalue weighted by Gasteiger charge is 2.46. The number of anilines is 9. The largest absolute Gasteiger partial charge is 0.496 e. The van der Waals surface area contributed by atoms with Crippen LogP contribution in [-0.4, -0.2) is 248 Å². The Morgan fingerprint density at radius 1 is 0.404 bits per heavy atom. The zero-order valence-electron chi connectivity index (χ0n) is 84.2. The van der Waals surface area contributed by atoms with Gasteiger partial charge in [-0.15, -0.1) is 0 Å². The van der Waals surface area contributed by atoms with E-state index >= 15 is 0 Å². The molecule has 0 saturated carbocycles. The van der Waals surface area contributed by atoms with Crippen LogP contribution in [0, 0.1) is 0 Å². The molecule has 12 heterocycles. The third kappa shape index (κ3) is 26.1. The molecule has 0 aliphatic carbocycles. The number of benzene rings is 8. The van der Waals surface area contributed by atoms with Crippen molar-refractivity contribution in [1.29, 1.82) is 0 Å². The fraction of sp³-hybridized carbons (Fsp3) is 0.287. The minimum atomic E-state index is -0.716. The molecule has 31 heteroatoms. The minimum absolute atomic E-state index is 0.0176. The predicted molar refractivity (Wildman–Crippen MR) is 582 cm³/mol. The fourth-order valence-corrected chi connectivity index (χ4v) is 18.7. The molecule has 0 unspecified atom stereocenters. The Balaban J connectivity index is 0.000000133. The van der Waals surface area contributed by atoms with E-state index in [1.54, 1.807) is 30.7 Å². The molecule has 5 aliphatic rings. The number of H-pyrrole nitrogens is 1. The maximum Gasteiger partial charge on any atom is 0.247 e. The number of imidazole rings is 1. The summed E-state index contributed by atoms with van der Waals surface area (Å²) in [6.45, 7) is 36.4. The van der Waals surface area contributed by atoms with Gasteiger partial charge < -0.3 is 79.3 Å². The van der Waals surface area contributed by atoms with Crippen LogP contribution < -0.4 is 50.5 Å². The van der Waals surface area contributed by atoms with Gasteiger partial charge in [-0.2, -0.15) is 0 Å². The van der Waals surface area contributed by atoms with Gasteiger partial charge in [0.2, 0.25) is 29.5 Å². The zero-order valence-corrected chi connectivity index (χ0v) is 84.2. The lowest BCUT2D eigenvalue weighted by atomic mass is 9.88. The van der Waals surface area contributed by atoms with Crippen molar-refractivity contribution in [3.8, 4) is 5.75 Å². The molecule has 748 valence electrons. The Morgan fingerprint density at radius 2 is 0.822 bits per heavy atom. The van der Waals surface area contributed by atoms with Crippen molar-refractivity contribution in [3.63, 3.8) is 0 Å². The topological polar surface area (TPSA) is 314 Å². The standard InChI is InChI=1S/2C30H34N6O2.C28H30N6O.C27H29N7O/c1-5-27(37)32-23-8-6-7-22(17-23)20-36-28-25(30(2,3)29(36)38)19-31-26(33-28)18-21-9-11-24(12-10-21)35-15-13-34(4)14-16-35;1-4-29(37)32-23-7-5-6-21(18-23)8-11-26-25-12-13-31-30(25)34-28(33-26)19-22-9-10-24(20-27(22)38-3)36-16-14-35(2)15-17-36;1-3-27(35)30-24-6-4-5-22(17-24)20-34-12-11-23-19-29-26(31-28(23)34)18-21-7-9-25(10-8-21)33-15-13-32(2)14-16-33;1-3-26(35)30-22-6-4-5-21(15-22)18-34-19-29-24-17-28-25(31-27(24)34)16-20-7-9-23(10-8-20)33-13-11-32(2)12-14-33/h5-12,17,19H,1,13-16,18,20H2,2-4H3,(H,32,37);4-7,9-10,12-13,18,20H,1,8,11,14-17,19H2,2-3H3,(H,32,37)(H,31,33,34);3-12,17,19H,1,13-16,18,20H2,2H3,(H,30,35);3-10,15,17,19H,1,11-14,16,18H2,2H3,(H,30,35). The molecule has 0 bridgehead atoms. The van der Waals surface area contributed by atoms with Crippen LogP contribution in [-0.2, 0) is 87.5 Å². The fourth-order valence-electron chi connectivity index (χ4n) is 18.7. The molecule has 0 atom stereocenters. The number of aromatic amines is 1. The minimum Gasteiger partial charge on any atom is -0.496 e. The van der Waals surface area contributed by atoms with Crippen LogP contribution in [0.4, 0.5) is 51.3 Å². The molecule has 0 radical (unpaired) electrons. The molecule has 0 spiro atoms. The summed E-state index contributed by atoms with van der Waals surface area (Å²) in [7, 11) is 10.4. The maximum absolute atomic E-state index is 13.4. The van der Waals surface area contributed by atoms with Crippen molar-refractivity contribution in [2.75, 3.05) is 186 Å². The molecule has 8 aromatic carbocycles. The van der Waals surface area contributed by atoms with Crippen LogP contribution in [0.15, 0.2) is 288 Å². The van der Waals surface area contributed by atoms with E-state index in [9.17, 15) is 24.0 Å². The molecule has 4 saturated heterocycles.